The van der Waals surface area contributed by atoms with Gasteiger partial charge >= 0.3 is 16.4 Å². The maximum Gasteiger partial charge on any atom is 0.418 e. The number of carbonyl (C=O) groups excluding carboxylic acids is 1. The minimum Gasteiger partial charge on any atom is -0.386 e. The van der Waals surface area contributed by atoms with Crippen molar-refractivity contribution in [2.75, 3.05) is 6.54 Å². The molecule has 0 saturated carbocycles. The summed E-state index contributed by atoms with van der Waals surface area (Å²) in [5, 5.41) is 0.674. The molecule has 2 aliphatic rings. The van der Waals surface area contributed by atoms with Gasteiger partial charge in [0.05, 0.1) is 18.6 Å². The largest absolute Gasteiger partial charge is 0.418 e. The Morgan fingerprint density at radius 2 is 2.12 bits per heavy atom. The molecule has 3 heterocycles. The van der Waals surface area contributed by atoms with E-state index in [1.54, 1.807) is 12.4 Å². The molecule has 1 aromatic heterocycles. The number of hydrogen-bond donors (Lipinski definition) is 2. The number of urea groups is 1. The number of aliphatic imine (C=N–C) groups is 1. The molecule has 3 rings (SSSR count). The van der Waals surface area contributed by atoms with Crippen molar-refractivity contribution in [2.45, 2.75) is 31.5 Å². The smallest absolute Gasteiger partial charge is 0.386 e. The summed E-state index contributed by atoms with van der Waals surface area (Å²) in [5.41, 5.74) is 6.78. The molecule has 0 aliphatic carbocycles. The third-order valence-corrected chi connectivity index (χ3v) is 4.25. The highest BCUT2D eigenvalue weighted by Gasteiger charge is 2.48. The Bertz CT molecular complexity index is 754. The number of hydroxylamine groups is 2. The van der Waals surface area contributed by atoms with E-state index in [0.717, 1.165) is 5.56 Å². The van der Waals surface area contributed by atoms with E-state index in [0.29, 0.717) is 17.9 Å². The van der Waals surface area contributed by atoms with Gasteiger partial charge in [-0.05, 0) is 12.8 Å². The standard InChI is InChI=1S/C12H16N6O5S/c13-11(16-5-8-3-14-7-15-4-8)10-2-1-9-6-17(10)12(19)18(9)23-24(20,21)22/h3-4,7,9-10H,1-2,5-6H2,(H2,13,16)(H,20,21,22)/t9-,10+/m1/s1. The molecule has 2 amide bonds. The van der Waals surface area contributed by atoms with Crippen LogP contribution in [0.25, 0.3) is 0 Å². The fourth-order valence-electron chi connectivity index (χ4n) is 2.84. The molecular formula is C12H16N6O5S. The van der Waals surface area contributed by atoms with Crippen molar-refractivity contribution in [2.24, 2.45) is 10.7 Å². The van der Waals surface area contributed by atoms with Crippen LogP contribution in [-0.4, -0.2) is 63.4 Å². The summed E-state index contributed by atoms with van der Waals surface area (Å²) >= 11 is 0. The van der Waals surface area contributed by atoms with E-state index in [9.17, 15) is 13.2 Å². The van der Waals surface area contributed by atoms with Gasteiger partial charge in [-0.25, -0.2) is 14.8 Å². The fraction of sp³-hybridized carbons (Fsp3) is 0.500. The number of amidine groups is 1. The number of hydrogen-bond acceptors (Lipinski definition) is 7. The number of aromatic nitrogens is 2. The van der Waals surface area contributed by atoms with Gasteiger partial charge in [0, 0.05) is 24.5 Å². The first kappa shape index (κ1) is 16.5. The Kier molecular flexibility index (Phi) is 4.34. The Hall–Kier alpha value is -2.31. The molecule has 12 heteroatoms. The van der Waals surface area contributed by atoms with Crippen LogP contribution in [-0.2, 0) is 21.2 Å². The van der Waals surface area contributed by atoms with Gasteiger partial charge < -0.3 is 10.6 Å². The number of rotatable bonds is 5. The van der Waals surface area contributed by atoms with E-state index in [-0.39, 0.29) is 18.9 Å². The van der Waals surface area contributed by atoms with Crippen LogP contribution in [0, 0.1) is 0 Å². The molecule has 0 spiro atoms. The number of carbonyl (C=O) groups is 1. The lowest BCUT2D eigenvalue weighted by atomic mass is 10.0. The zero-order valence-corrected chi connectivity index (χ0v) is 13.3. The van der Waals surface area contributed by atoms with Crippen LogP contribution in [0.2, 0.25) is 0 Å². The number of fused-ring (bicyclic) bond motifs is 2. The van der Waals surface area contributed by atoms with Gasteiger partial charge in [-0.15, -0.1) is 4.28 Å². The summed E-state index contributed by atoms with van der Waals surface area (Å²) in [4.78, 5) is 25.7. The highest BCUT2D eigenvalue weighted by molar-refractivity contribution is 7.80. The minimum atomic E-state index is -4.76. The first-order chi connectivity index (χ1) is 11.3. The predicted molar refractivity (Wildman–Crippen MR) is 80.7 cm³/mol. The van der Waals surface area contributed by atoms with Crippen molar-refractivity contribution in [3.63, 3.8) is 0 Å². The molecule has 0 aromatic carbocycles. The van der Waals surface area contributed by atoms with Crippen molar-refractivity contribution >= 4 is 22.3 Å². The molecule has 2 aliphatic heterocycles. The summed E-state index contributed by atoms with van der Waals surface area (Å²) in [6.07, 6.45) is 5.63. The molecule has 0 unspecified atom stereocenters. The highest BCUT2D eigenvalue weighted by atomic mass is 32.3. The lowest BCUT2D eigenvalue weighted by Crippen LogP contribution is -2.48. The molecular weight excluding hydrogens is 340 g/mol. The molecule has 2 saturated heterocycles. The van der Waals surface area contributed by atoms with E-state index in [1.807, 2.05) is 0 Å². The summed E-state index contributed by atoms with van der Waals surface area (Å²) in [5.74, 6) is 0.263. The third-order valence-electron chi connectivity index (χ3n) is 3.90. The average molecular weight is 356 g/mol. The van der Waals surface area contributed by atoms with Gasteiger partial charge in [0.1, 0.15) is 12.2 Å². The Morgan fingerprint density at radius 3 is 2.79 bits per heavy atom. The molecule has 0 radical (unpaired) electrons. The lowest BCUT2D eigenvalue weighted by molar-refractivity contribution is -0.0316. The molecule has 2 atom stereocenters. The van der Waals surface area contributed by atoms with Gasteiger partial charge in [0.15, 0.2) is 0 Å². The van der Waals surface area contributed by atoms with Crippen LogP contribution >= 0.6 is 0 Å². The molecule has 1 aromatic rings. The zero-order chi connectivity index (χ0) is 17.3. The van der Waals surface area contributed by atoms with Crippen molar-refractivity contribution < 1.29 is 22.0 Å². The van der Waals surface area contributed by atoms with Crippen LogP contribution in [0.15, 0.2) is 23.7 Å². The second kappa shape index (κ2) is 6.30. The van der Waals surface area contributed by atoms with E-state index >= 15 is 0 Å². The van der Waals surface area contributed by atoms with Crippen molar-refractivity contribution in [3.8, 4) is 0 Å². The summed E-state index contributed by atoms with van der Waals surface area (Å²) in [6, 6.07) is -1.57. The van der Waals surface area contributed by atoms with E-state index in [4.69, 9.17) is 10.3 Å². The van der Waals surface area contributed by atoms with Gasteiger partial charge in [-0.2, -0.15) is 13.5 Å². The van der Waals surface area contributed by atoms with E-state index in [2.05, 4.69) is 19.2 Å². The minimum absolute atomic E-state index is 0.254. The highest BCUT2D eigenvalue weighted by Crippen LogP contribution is 2.30. The fourth-order valence-corrected chi connectivity index (χ4v) is 3.23. The third kappa shape index (κ3) is 3.44. The van der Waals surface area contributed by atoms with Crippen LogP contribution in [0.3, 0.4) is 0 Å². The maximum atomic E-state index is 12.3. The van der Waals surface area contributed by atoms with Gasteiger partial charge in [-0.1, -0.05) is 0 Å². The number of nitrogens with two attached hydrogens (primary N) is 1. The molecule has 2 bridgehead atoms. The topological polar surface area (TPSA) is 151 Å². The Morgan fingerprint density at radius 1 is 1.42 bits per heavy atom. The molecule has 130 valence electrons. The van der Waals surface area contributed by atoms with Crippen molar-refractivity contribution in [1.29, 1.82) is 0 Å². The van der Waals surface area contributed by atoms with Crippen LogP contribution < -0.4 is 5.73 Å². The number of nitrogens with zero attached hydrogens (tertiary/aromatic N) is 5. The Labute approximate surface area is 138 Å². The molecule has 2 fully saturated rings. The monoisotopic (exact) mass is 356 g/mol. The predicted octanol–water partition coefficient (Wildman–Crippen LogP) is -0.663. The average Bonchev–Trinajstić information content (AvgIpc) is 2.77. The molecule has 3 N–H and O–H groups in total. The SMILES string of the molecule is NC(=NCc1cncnc1)[C@@H]1CC[C@@H]2CN1C(=O)N2OS(=O)(=O)O. The first-order valence-corrected chi connectivity index (χ1v) is 8.52. The first-order valence-electron chi connectivity index (χ1n) is 7.15. The summed E-state index contributed by atoms with van der Waals surface area (Å²) in [7, 11) is -4.76. The van der Waals surface area contributed by atoms with Crippen molar-refractivity contribution in [1.82, 2.24) is 19.9 Å². The molecule has 24 heavy (non-hydrogen) atoms. The second-order valence-electron chi connectivity index (χ2n) is 5.50. The van der Waals surface area contributed by atoms with Crippen LogP contribution in [0.1, 0.15) is 18.4 Å². The van der Waals surface area contributed by atoms with E-state index in [1.165, 1.54) is 11.2 Å². The summed E-state index contributed by atoms with van der Waals surface area (Å²) in [6.45, 7) is 0.531. The normalized spacial score (nSPS) is 24.5. The lowest BCUT2D eigenvalue weighted by Gasteiger charge is -2.29. The quantitative estimate of drug-likeness (QED) is 0.401. The van der Waals surface area contributed by atoms with Gasteiger partial charge in [0.2, 0.25) is 0 Å². The zero-order valence-electron chi connectivity index (χ0n) is 12.5. The molecule has 11 nitrogen and oxygen atoms in total. The number of amides is 2. The second-order valence-corrected chi connectivity index (χ2v) is 6.50. The Balaban J connectivity index is 1.71. The van der Waals surface area contributed by atoms with Gasteiger partial charge in [-0.3, -0.25) is 9.55 Å². The number of piperidine rings is 1. The van der Waals surface area contributed by atoms with Crippen LogP contribution in [0.4, 0.5) is 4.79 Å². The van der Waals surface area contributed by atoms with E-state index < -0.39 is 28.5 Å². The summed E-state index contributed by atoms with van der Waals surface area (Å²) < 4.78 is 34.8. The van der Waals surface area contributed by atoms with Crippen LogP contribution in [0.5, 0.6) is 0 Å². The van der Waals surface area contributed by atoms with Gasteiger partial charge in [0.25, 0.3) is 0 Å². The van der Waals surface area contributed by atoms with Crippen molar-refractivity contribution in [3.05, 3.63) is 24.3 Å². The maximum absolute atomic E-state index is 12.3.